The Hall–Kier alpha value is -2.48. The van der Waals surface area contributed by atoms with E-state index in [0.29, 0.717) is 0 Å². The Morgan fingerprint density at radius 3 is 2.45 bits per heavy atom. The van der Waals surface area contributed by atoms with Gasteiger partial charge in [-0.1, -0.05) is 0 Å². The molecule has 8 N–H and O–H groups in total. The summed E-state index contributed by atoms with van der Waals surface area (Å²) >= 11 is 0. The van der Waals surface area contributed by atoms with Gasteiger partial charge in [-0.15, -0.1) is 0 Å². The summed E-state index contributed by atoms with van der Waals surface area (Å²) in [5.74, 6) is -1.59. The van der Waals surface area contributed by atoms with E-state index >= 15 is 0 Å². The van der Waals surface area contributed by atoms with Crippen LogP contribution in [0.4, 0.5) is 4.39 Å². The third-order valence-electron chi connectivity index (χ3n) is 4.31. The molecule has 0 bridgehead atoms. The molecule has 160 valence electrons. The number of benzene rings is 1. The van der Waals surface area contributed by atoms with Gasteiger partial charge in [0.1, 0.15) is 36.4 Å². The van der Waals surface area contributed by atoms with Crippen LogP contribution < -0.4 is 10.9 Å². The first kappa shape index (κ1) is 22.8. The number of halogens is 1. The van der Waals surface area contributed by atoms with Crippen molar-refractivity contribution in [2.75, 3.05) is 13.2 Å². The molecule has 0 spiro atoms. The van der Waals surface area contributed by atoms with Crippen LogP contribution in [0.5, 0.6) is 0 Å². The van der Waals surface area contributed by atoms with Crippen LogP contribution in [-0.2, 0) is 11.2 Å². The summed E-state index contributed by atoms with van der Waals surface area (Å²) in [5, 5.41) is 59.9. The maximum atomic E-state index is 13.3. The largest absolute Gasteiger partial charge is 0.394 e. The number of H-pyrrole nitrogens is 1. The molecule has 0 radical (unpaired) electrons. The average Bonchev–Trinajstić information content (AvgIpc) is 2.70. The van der Waals surface area contributed by atoms with Crippen molar-refractivity contribution >= 4 is 16.9 Å². The highest BCUT2D eigenvalue weighted by molar-refractivity contribution is 5.77. The first-order valence-electron chi connectivity index (χ1n) is 8.59. The van der Waals surface area contributed by atoms with Crippen LogP contribution in [0, 0.1) is 5.82 Å². The SMILES string of the molecule is O=C(CO)N[C@@H](C(O)[C@H](O)[C@H](O)CO)[C@H](O)Cc1nc2ccc(F)cc2[nH]c1=O. The summed E-state index contributed by atoms with van der Waals surface area (Å²) in [5.41, 5.74) is -0.607. The smallest absolute Gasteiger partial charge is 0.270 e. The minimum atomic E-state index is -1.96. The Kier molecular flexibility index (Phi) is 7.73. The Morgan fingerprint density at radius 1 is 1.14 bits per heavy atom. The van der Waals surface area contributed by atoms with Gasteiger partial charge in [0.05, 0.1) is 29.8 Å². The standard InChI is InChI=1S/C17H22FN3O8/c18-7-1-2-8-9(3-7)20-17(29)10(19-8)4-11(24)14(21-13(26)6-23)16(28)15(27)12(25)5-22/h1-3,11-12,14-16,22-25,27-28H,4-6H2,(H,20,29)(H,21,26)/t11-,12-,14-,15-,16?/m1/s1. The molecule has 29 heavy (non-hydrogen) atoms. The van der Waals surface area contributed by atoms with Crippen molar-refractivity contribution in [1.29, 1.82) is 0 Å². The lowest BCUT2D eigenvalue weighted by atomic mass is 9.94. The van der Waals surface area contributed by atoms with Crippen LogP contribution in [0.25, 0.3) is 11.0 Å². The Bertz CT molecular complexity index is 908. The predicted octanol–water partition coefficient (Wildman–Crippen LogP) is -3.48. The molecule has 1 amide bonds. The number of rotatable bonds is 9. The summed E-state index contributed by atoms with van der Waals surface area (Å²) in [4.78, 5) is 30.1. The first-order chi connectivity index (χ1) is 13.7. The zero-order chi connectivity index (χ0) is 21.7. The molecule has 1 heterocycles. The van der Waals surface area contributed by atoms with Gasteiger partial charge in [0.2, 0.25) is 5.91 Å². The first-order valence-corrected chi connectivity index (χ1v) is 8.59. The second kappa shape index (κ2) is 9.82. The molecule has 0 aliphatic heterocycles. The van der Waals surface area contributed by atoms with Gasteiger partial charge in [-0.05, 0) is 18.2 Å². The predicted molar refractivity (Wildman–Crippen MR) is 96.2 cm³/mol. The molecule has 0 saturated carbocycles. The number of nitrogens with one attached hydrogen (secondary N) is 2. The zero-order valence-corrected chi connectivity index (χ0v) is 15.1. The van der Waals surface area contributed by atoms with Crippen molar-refractivity contribution in [2.24, 2.45) is 0 Å². The van der Waals surface area contributed by atoms with E-state index in [9.17, 15) is 34.4 Å². The molecular formula is C17H22FN3O8. The highest BCUT2D eigenvalue weighted by Crippen LogP contribution is 2.14. The number of aliphatic hydroxyl groups excluding tert-OH is 6. The topological polar surface area (TPSA) is 196 Å². The number of hydrogen-bond acceptors (Lipinski definition) is 9. The summed E-state index contributed by atoms with van der Waals surface area (Å²) in [7, 11) is 0. The van der Waals surface area contributed by atoms with Crippen molar-refractivity contribution in [1.82, 2.24) is 15.3 Å². The number of amides is 1. The molecule has 2 aromatic rings. The van der Waals surface area contributed by atoms with Crippen LogP contribution in [0.3, 0.4) is 0 Å². The molecule has 0 fully saturated rings. The van der Waals surface area contributed by atoms with Crippen LogP contribution >= 0.6 is 0 Å². The number of carbonyl (C=O) groups excluding carboxylic acids is 1. The minimum Gasteiger partial charge on any atom is -0.394 e. The molecule has 0 aliphatic carbocycles. The van der Waals surface area contributed by atoms with E-state index in [2.05, 4.69) is 15.3 Å². The second-order valence-electron chi connectivity index (χ2n) is 6.43. The fourth-order valence-corrected chi connectivity index (χ4v) is 2.75. The maximum Gasteiger partial charge on any atom is 0.270 e. The van der Waals surface area contributed by atoms with Gasteiger partial charge < -0.3 is 40.9 Å². The zero-order valence-electron chi connectivity index (χ0n) is 15.1. The molecule has 0 saturated heterocycles. The second-order valence-corrected chi connectivity index (χ2v) is 6.43. The summed E-state index contributed by atoms with van der Waals surface area (Å²) in [6, 6.07) is 1.85. The van der Waals surface area contributed by atoms with Gasteiger partial charge in [-0.3, -0.25) is 9.59 Å². The minimum absolute atomic E-state index is 0.125. The van der Waals surface area contributed by atoms with Gasteiger partial charge in [0.15, 0.2) is 0 Å². The number of carbonyl (C=O) groups is 1. The third-order valence-corrected chi connectivity index (χ3v) is 4.31. The normalized spacial score (nSPS) is 16.8. The van der Waals surface area contributed by atoms with E-state index in [1.165, 1.54) is 6.07 Å². The molecule has 0 aliphatic rings. The number of aromatic amines is 1. The van der Waals surface area contributed by atoms with Crippen molar-refractivity contribution < 1.29 is 39.8 Å². The highest BCUT2D eigenvalue weighted by atomic mass is 19.1. The summed E-state index contributed by atoms with van der Waals surface area (Å²) < 4.78 is 13.3. The van der Waals surface area contributed by atoms with Gasteiger partial charge in [-0.25, -0.2) is 9.37 Å². The molecule has 12 heteroatoms. The van der Waals surface area contributed by atoms with E-state index in [0.717, 1.165) is 12.1 Å². The lowest BCUT2D eigenvalue weighted by Crippen LogP contribution is -2.58. The van der Waals surface area contributed by atoms with Crippen LogP contribution in [-0.4, -0.2) is 90.2 Å². The fraction of sp³-hybridized carbons (Fsp3) is 0.471. The van der Waals surface area contributed by atoms with Gasteiger partial charge >= 0.3 is 0 Å². The number of nitrogens with zero attached hydrogens (tertiary/aromatic N) is 1. The monoisotopic (exact) mass is 415 g/mol. The van der Waals surface area contributed by atoms with Gasteiger partial charge in [0, 0.05) is 6.42 Å². The Labute approximate surface area is 163 Å². The number of aromatic nitrogens is 2. The van der Waals surface area contributed by atoms with Crippen molar-refractivity contribution in [3.05, 3.63) is 40.1 Å². The summed E-state index contributed by atoms with van der Waals surface area (Å²) in [6.07, 6.45) is -7.88. The van der Waals surface area contributed by atoms with Crippen LogP contribution in [0.15, 0.2) is 23.0 Å². The molecule has 1 aromatic carbocycles. The molecule has 1 aromatic heterocycles. The van der Waals surface area contributed by atoms with Crippen molar-refractivity contribution in [3.8, 4) is 0 Å². The molecular weight excluding hydrogens is 393 g/mol. The number of hydrogen-bond donors (Lipinski definition) is 8. The molecule has 1 unspecified atom stereocenters. The van der Waals surface area contributed by atoms with Crippen LogP contribution in [0.2, 0.25) is 0 Å². The van der Waals surface area contributed by atoms with E-state index in [1.54, 1.807) is 0 Å². The van der Waals surface area contributed by atoms with Gasteiger partial charge in [-0.2, -0.15) is 0 Å². The maximum absolute atomic E-state index is 13.3. The molecule has 5 atom stereocenters. The molecule has 2 rings (SSSR count). The van der Waals surface area contributed by atoms with E-state index < -0.39 is 67.4 Å². The highest BCUT2D eigenvalue weighted by Gasteiger charge is 2.36. The van der Waals surface area contributed by atoms with E-state index in [1.807, 2.05) is 0 Å². The van der Waals surface area contributed by atoms with Crippen molar-refractivity contribution in [2.45, 2.75) is 36.9 Å². The lowest BCUT2D eigenvalue weighted by molar-refractivity contribution is -0.131. The lowest BCUT2D eigenvalue weighted by Gasteiger charge is -2.32. The number of aliphatic hydroxyl groups is 6. The van der Waals surface area contributed by atoms with E-state index in [-0.39, 0.29) is 16.7 Å². The Morgan fingerprint density at radius 2 is 1.83 bits per heavy atom. The van der Waals surface area contributed by atoms with Crippen molar-refractivity contribution in [3.63, 3.8) is 0 Å². The summed E-state index contributed by atoms with van der Waals surface area (Å²) in [6.45, 7) is -1.90. The number of fused-ring (bicyclic) bond motifs is 1. The van der Waals surface area contributed by atoms with Crippen LogP contribution in [0.1, 0.15) is 5.69 Å². The molecule has 11 nitrogen and oxygen atoms in total. The quantitative estimate of drug-likeness (QED) is 0.205. The fourth-order valence-electron chi connectivity index (χ4n) is 2.75. The third kappa shape index (κ3) is 5.53. The van der Waals surface area contributed by atoms with E-state index in [4.69, 9.17) is 10.2 Å². The average molecular weight is 415 g/mol. The van der Waals surface area contributed by atoms with Gasteiger partial charge in [0.25, 0.3) is 5.56 Å². The Balaban J connectivity index is 2.30.